The van der Waals surface area contributed by atoms with Crippen LogP contribution in [0.5, 0.6) is 5.75 Å². The first-order valence-corrected chi connectivity index (χ1v) is 11.0. The van der Waals surface area contributed by atoms with Crippen LogP contribution in [-0.4, -0.2) is 41.0 Å². The van der Waals surface area contributed by atoms with Crippen molar-refractivity contribution in [2.75, 3.05) is 20.2 Å². The Labute approximate surface area is 179 Å². The molecular weight excluding hydrogens is 394 g/mol. The Balaban J connectivity index is 1.25. The maximum atomic E-state index is 12.7. The van der Waals surface area contributed by atoms with E-state index in [1.165, 1.54) is 10.9 Å². The lowest BCUT2D eigenvalue weighted by atomic mass is 9.89. The number of carbonyl (C=O) groups is 1. The fraction of sp³-hybridized carbons (Fsp3) is 0.250. The van der Waals surface area contributed by atoms with E-state index in [0.717, 1.165) is 52.4 Å². The van der Waals surface area contributed by atoms with Gasteiger partial charge in [-0.3, -0.25) is 4.79 Å². The third kappa shape index (κ3) is 3.59. The van der Waals surface area contributed by atoms with Crippen LogP contribution in [0.3, 0.4) is 0 Å². The normalized spacial score (nSPS) is 15.4. The van der Waals surface area contributed by atoms with Crippen molar-refractivity contribution >= 4 is 44.4 Å². The quantitative estimate of drug-likeness (QED) is 0.464. The molecule has 3 heterocycles. The van der Waals surface area contributed by atoms with Crippen LogP contribution in [0, 0.1) is 0 Å². The Morgan fingerprint density at radius 2 is 2.07 bits per heavy atom. The van der Waals surface area contributed by atoms with Gasteiger partial charge in [-0.2, -0.15) is 0 Å². The summed E-state index contributed by atoms with van der Waals surface area (Å²) in [4.78, 5) is 22.5. The number of hydrogen-bond acceptors (Lipinski definition) is 4. The second-order valence-corrected chi connectivity index (χ2v) is 8.67. The minimum atomic E-state index is 0.0632. The molecule has 6 heteroatoms. The van der Waals surface area contributed by atoms with E-state index in [1.807, 2.05) is 35.2 Å². The van der Waals surface area contributed by atoms with Gasteiger partial charge < -0.3 is 14.6 Å². The number of para-hydroxylation sites is 1. The lowest BCUT2D eigenvalue weighted by Gasteiger charge is -2.31. The van der Waals surface area contributed by atoms with E-state index in [1.54, 1.807) is 24.5 Å². The monoisotopic (exact) mass is 417 g/mol. The van der Waals surface area contributed by atoms with Crippen LogP contribution in [-0.2, 0) is 4.79 Å². The molecule has 1 aliphatic heterocycles. The van der Waals surface area contributed by atoms with Gasteiger partial charge in [0.2, 0.25) is 5.91 Å². The molecule has 0 atom stereocenters. The van der Waals surface area contributed by atoms with E-state index in [0.29, 0.717) is 5.92 Å². The fourth-order valence-corrected chi connectivity index (χ4v) is 5.08. The van der Waals surface area contributed by atoms with Crippen LogP contribution in [0.2, 0.25) is 0 Å². The highest BCUT2D eigenvalue weighted by Crippen LogP contribution is 2.34. The number of ether oxygens (including phenoxy) is 1. The predicted octanol–water partition coefficient (Wildman–Crippen LogP) is 5.21. The largest absolute Gasteiger partial charge is 0.497 e. The zero-order valence-electron chi connectivity index (χ0n) is 16.8. The first-order chi connectivity index (χ1) is 14.7. The highest BCUT2D eigenvalue weighted by Gasteiger charge is 2.24. The molecule has 0 bridgehead atoms. The molecule has 5 rings (SSSR count). The number of benzene rings is 2. The van der Waals surface area contributed by atoms with Gasteiger partial charge in [0, 0.05) is 36.3 Å². The lowest BCUT2D eigenvalue weighted by molar-refractivity contribution is -0.126. The molecule has 30 heavy (non-hydrogen) atoms. The molecule has 1 aliphatic rings. The van der Waals surface area contributed by atoms with Crippen molar-refractivity contribution in [1.82, 2.24) is 14.9 Å². The van der Waals surface area contributed by atoms with Crippen LogP contribution >= 0.6 is 11.3 Å². The first-order valence-electron chi connectivity index (χ1n) is 10.2. The molecule has 0 unspecified atom stereocenters. The average molecular weight is 418 g/mol. The van der Waals surface area contributed by atoms with Crippen molar-refractivity contribution in [3.05, 3.63) is 65.3 Å². The zero-order chi connectivity index (χ0) is 20.5. The van der Waals surface area contributed by atoms with Gasteiger partial charge in [-0.15, -0.1) is 11.3 Å². The third-order valence-electron chi connectivity index (χ3n) is 5.85. The number of amides is 1. The Hall–Kier alpha value is -3.12. The van der Waals surface area contributed by atoms with Crippen molar-refractivity contribution in [2.24, 2.45) is 0 Å². The van der Waals surface area contributed by atoms with Crippen LogP contribution in [0.1, 0.15) is 29.3 Å². The molecule has 0 radical (unpaired) electrons. The number of nitrogens with one attached hydrogen (secondary N) is 1. The van der Waals surface area contributed by atoms with Crippen molar-refractivity contribution in [2.45, 2.75) is 18.8 Å². The number of aromatic amines is 1. The lowest BCUT2D eigenvalue weighted by Crippen LogP contribution is -2.36. The van der Waals surface area contributed by atoms with E-state index in [9.17, 15) is 4.79 Å². The standard InChI is InChI=1S/C24H23N3O2S/c1-29-17-6-7-20-18(14-17)19(15-25-20)16-10-12-27(13-11-16)24(28)9-8-23-26-21-4-2-3-5-22(21)30-23/h2-9,14-16,25H,10-13H2,1H3/b9-8+. The van der Waals surface area contributed by atoms with Crippen molar-refractivity contribution in [1.29, 1.82) is 0 Å². The maximum Gasteiger partial charge on any atom is 0.246 e. The summed E-state index contributed by atoms with van der Waals surface area (Å²) in [7, 11) is 1.69. The number of methoxy groups -OCH3 is 1. The zero-order valence-corrected chi connectivity index (χ0v) is 17.6. The molecule has 1 fully saturated rings. The summed E-state index contributed by atoms with van der Waals surface area (Å²) >= 11 is 1.61. The average Bonchev–Trinajstić information content (AvgIpc) is 3.40. The highest BCUT2D eigenvalue weighted by atomic mass is 32.1. The predicted molar refractivity (Wildman–Crippen MR) is 122 cm³/mol. The number of thiazole rings is 1. The summed E-state index contributed by atoms with van der Waals surface area (Å²) in [6.45, 7) is 1.54. The van der Waals surface area contributed by atoms with Gasteiger partial charge in [0.25, 0.3) is 0 Å². The highest BCUT2D eigenvalue weighted by molar-refractivity contribution is 7.19. The number of H-pyrrole nitrogens is 1. The number of rotatable bonds is 4. The summed E-state index contributed by atoms with van der Waals surface area (Å²) in [5.74, 6) is 1.38. The number of nitrogens with zero attached hydrogens (tertiary/aromatic N) is 2. The van der Waals surface area contributed by atoms with E-state index >= 15 is 0 Å². The molecule has 4 aromatic rings. The summed E-state index contributed by atoms with van der Waals surface area (Å²) in [6, 6.07) is 14.2. The molecule has 0 spiro atoms. The SMILES string of the molecule is COc1ccc2[nH]cc(C3CCN(C(=O)/C=C/c4nc5ccccc5s4)CC3)c2c1. The number of aromatic nitrogens is 2. The molecule has 0 aliphatic carbocycles. The number of likely N-dealkylation sites (tertiary alicyclic amines) is 1. The molecule has 2 aromatic heterocycles. The van der Waals surface area contributed by atoms with E-state index < -0.39 is 0 Å². The second kappa shape index (κ2) is 7.95. The number of fused-ring (bicyclic) bond motifs is 2. The van der Waals surface area contributed by atoms with Crippen molar-refractivity contribution in [3.63, 3.8) is 0 Å². The van der Waals surface area contributed by atoms with Crippen LogP contribution in [0.15, 0.2) is 54.7 Å². The molecule has 2 aromatic carbocycles. The number of hydrogen-bond donors (Lipinski definition) is 1. The molecule has 1 saturated heterocycles. The molecule has 5 nitrogen and oxygen atoms in total. The second-order valence-electron chi connectivity index (χ2n) is 7.61. The van der Waals surface area contributed by atoms with Crippen molar-refractivity contribution < 1.29 is 9.53 Å². The minimum absolute atomic E-state index is 0.0632. The summed E-state index contributed by atoms with van der Waals surface area (Å²) in [5.41, 5.74) is 3.43. The van der Waals surface area contributed by atoms with Gasteiger partial charge in [0.05, 0.1) is 17.3 Å². The first kappa shape index (κ1) is 18.9. The smallest absolute Gasteiger partial charge is 0.246 e. The van der Waals surface area contributed by atoms with E-state index in [2.05, 4.69) is 34.4 Å². The Morgan fingerprint density at radius 3 is 2.87 bits per heavy atom. The topological polar surface area (TPSA) is 58.2 Å². The number of piperidine rings is 1. The molecule has 1 N–H and O–H groups in total. The Morgan fingerprint density at radius 1 is 1.23 bits per heavy atom. The van der Waals surface area contributed by atoms with Gasteiger partial charge in [-0.25, -0.2) is 4.98 Å². The molecular formula is C24H23N3O2S. The summed E-state index contributed by atoms with van der Waals surface area (Å²) < 4.78 is 6.53. The van der Waals surface area contributed by atoms with Crippen LogP contribution in [0.4, 0.5) is 0 Å². The van der Waals surface area contributed by atoms with Crippen molar-refractivity contribution in [3.8, 4) is 5.75 Å². The summed E-state index contributed by atoms with van der Waals surface area (Å²) in [6.07, 6.45) is 7.54. The Kier molecular flexibility index (Phi) is 5.01. The fourth-order valence-electron chi connectivity index (χ4n) is 4.21. The minimum Gasteiger partial charge on any atom is -0.497 e. The van der Waals surface area contributed by atoms with E-state index in [4.69, 9.17) is 4.74 Å². The van der Waals surface area contributed by atoms with Crippen LogP contribution in [0.25, 0.3) is 27.2 Å². The number of carbonyl (C=O) groups excluding carboxylic acids is 1. The molecule has 1 amide bonds. The van der Waals surface area contributed by atoms with Gasteiger partial charge in [-0.1, -0.05) is 12.1 Å². The molecule has 152 valence electrons. The van der Waals surface area contributed by atoms with Crippen LogP contribution < -0.4 is 4.74 Å². The van der Waals surface area contributed by atoms with Gasteiger partial charge in [0.1, 0.15) is 10.8 Å². The Bertz CT molecular complexity index is 1200. The third-order valence-corrected chi connectivity index (χ3v) is 6.85. The maximum absolute atomic E-state index is 12.7. The van der Waals surface area contributed by atoms with Gasteiger partial charge in [-0.05, 0) is 60.7 Å². The van der Waals surface area contributed by atoms with Gasteiger partial charge >= 0.3 is 0 Å². The van der Waals surface area contributed by atoms with Gasteiger partial charge in [0.15, 0.2) is 0 Å². The van der Waals surface area contributed by atoms with E-state index in [-0.39, 0.29) is 5.91 Å². The summed E-state index contributed by atoms with van der Waals surface area (Å²) in [5, 5.41) is 2.09. The molecule has 0 saturated carbocycles.